The Bertz CT molecular complexity index is 529. The molecule has 4 saturated heterocycles. The molecule has 5 heterocycles. The highest BCUT2D eigenvalue weighted by atomic mass is 79.9. The summed E-state index contributed by atoms with van der Waals surface area (Å²) in [4.78, 5) is 20.5. The molecule has 0 saturated carbocycles. The van der Waals surface area contributed by atoms with Crippen LogP contribution in [0.5, 0.6) is 0 Å². The number of aromatic nitrogens is 1. The van der Waals surface area contributed by atoms with Crippen molar-refractivity contribution in [3.63, 3.8) is 0 Å². The van der Waals surface area contributed by atoms with Gasteiger partial charge in [0, 0.05) is 12.5 Å². The predicted molar refractivity (Wildman–Crippen MR) is 75.5 cm³/mol. The number of ether oxygens (including phenoxy) is 1. The first kappa shape index (κ1) is 12.1. The Kier molecular flexibility index (Phi) is 2.65. The maximum Gasteiger partial charge on any atom is 0.416 e. The van der Waals surface area contributed by atoms with Gasteiger partial charge in [-0.1, -0.05) is 11.3 Å². The molecule has 1 atom stereocenters. The van der Waals surface area contributed by atoms with Crippen LogP contribution in [0.1, 0.15) is 12.8 Å². The number of halogens is 1. The van der Waals surface area contributed by atoms with Gasteiger partial charge < -0.3 is 4.74 Å². The van der Waals surface area contributed by atoms with Crippen molar-refractivity contribution in [3.8, 4) is 0 Å². The van der Waals surface area contributed by atoms with Crippen molar-refractivity contribution in [2.24, 2.45) is 5.92 Å². The maximum absolute atomic E-state index is 12.2. The van der Waals surface area contributed by atoms with Crippen LogP contribution < -0.4 is 4.90 Å². The quantitative estimate of drug-likeness (QED) is 0.785. The number of carbonyl (C=O) groups is 1. The summed E-state index contributed by atoms with van der Waals surface area (Å²) in [5, 5.41) is 0.727. The number of rotatable bonds is 1. The van der Waals surface area contributed by atoms with Crippen molar-refractivity contribution in [2.45, 2.75) is 18.4 Å². The van der Waals surface area contributed by atoms with E-state index in [-0.39, 0.29) is 11.7 Å². The first-order chi connectivity index (χ1) is 9.16. The lowest BCUT2D eigenvalue weighted by molar-refractivity contribution is -0.0881. The van der Waals surface area contributed by atoms with E-state index in [0.29, 0.717) is 12.5 Å². The fourth-order valence-corrected chi connectivity index (χ4v) is 4.70. The number of fused-ring (bicyclic) bond motifs is 2. The Labute approximate surface area is 123 Å². The highest BCUT2D eigenvalue weighted by molar-refractivity contribution is 9.11. The molecular formula is C12H14BrN3O2S. The minimum Gasteiger partial charge on any atom is -0.439 e. The van der Waals surface area contributed by atoms with Gasteiger partial charge in [0.2, 0.25) is 0 Å². The van der Waals surface area contributed by atoms with E-state index in [9.17, 15) is 4.79 Å². The molecule has 5 nitrogen and oxygen atoms in total. The van der Waals surface area contributed by atoms with E-state index in [4.69, 9.17) is 4.74 Å². The second-order valence-corrected chi connectivity index (χ2v) is 7.90. The lowest BCUT2D eigenvalue weighted by Crippen LogP contribution is -2.61. The third kappa shape index (κ3) is 1.82. The van der Waals surface area contributed by atoms with Crippen molar-refractivity contribution in [2.75, 3.05) is 31.1 Å². The molecule has 1 spiro atoms. The number of nitrogens with zero attached hydrogens (tertiary/aromatic N) is 3. The molecule has 0 unspecified atom stereocenters. The molecule has 1 aromatic rings. The molecule has 0 aliphatic carbocycles. The largest absolute Gasteiger partial charge is 0.439 e. The molecule has 0 N–H and O–H groups in total. The Morgan fingerprint density at radius 1 is 1.42 bits per heavy atom. The Morgan fingerprint density at radius 2 is 2.21 bits per heavy atom. The van der Waals surface area contributed by atoms with E-state index in [1.54, 1.807) is 11.1 Å². The maximum atomic E-state index is 12.2. The summed E-state index contributed by atoms with van der Waals surface area (Å²) in [5.41, 5.74) is -0.300. The standard InChI is InChI=1S/C12H14BrN3O2S/c13-9-5-14-10(19-9)16-7-12(18-11(16)17)6-15-3-1-8(12)2-4-15/h5,8H,1-4,6-7H2/t12-/m0/s1. The molecule has 5 rings (SSSR count). The minimum atomic E-state index is -0.300. The van der Waals surface area contributed by atoms with Crippen LogP contribution in [0.3, 0.4) is 0 Å². The second kappa shape index (κ2) is 4.17. The molecular weight excluding hydrogens is 330 g/mol. The molecule has 2 bridgehead atoms. The van der Waals surface area contributed by atoms with E-state index in [0.717, 1.165) is 41.4 Å². The number of hydrogen-bond acceptors (Lipinski definition) is 5. The van der Waals surface area contributed by atoms with Gasteiger partial charge in [0.1, 0.15) is 5.60 Å². The average molecular weight is 344 g/mol. The van der Waals surface area contributed by atoms with E-state index in [1.165, 1.54) is 11.3 Å². The normalized spacial score (nSPS) is 37.1. The number of thiazole rings is 1. The van der Waals surface area contributed by atoms with Gasteiger partial charge in [0.25, 0.3) is 0 Å². The highest BCUT2D eigenvalue weighted by Crippen LogP contribution is 2.43. The monoisotopic (exact) mass is 343 g/mol. The molecule has 0 aromatic carbocycles. The van der Waals surface area contributed by atoms with Gasteiger partial charge >= 0.3 is 6.09 Å². The number of hydrogen-bond donors (Lipinski definition) is 0. The van der Waals surface area contributed by atoms with Crippen LogP contribution >= 0.6 is 27.3 Å². The summed E-state index contributed by atoms with van der Waals surface area (Å²) in [5.74, 6) is 0.509. The molecule has 1 aromatic heterocycles. The van der Waals surface area contributed by atoms with E-state index in [1.807, 2.05) is 0 Å². The van der Waals surface area contributed by atoms with Crippen molar-refractivity contribution in [1.29, 1.82) is 0 Å². The van der Waals surface area contributed by atoms with Crippen LogP contribution in [0, 0.1) is 5.92 Å². The lowest BCUT2D eigenvalue weighted by Gasteiger charge is -2.49. The van der Waals surface area contributed by atoms with Gasteiger partial charge in [-0.15, -0.1) is 0 Å². The summed E-state index contributed by atoms with van der Waals surface area (Å²) < 4.78 is 6.73. The molecule has 4 aliphatic rings. The zero-order valence-electron chi connectivity index (χ0n) is 10.3. The highest BCUT2D eigenvalue weighted by Gasteiger charge is 2.56. The van der Waals surface area contributed by atoms with Gasteiger partial charge in [-0.05, 0) is 41.9 Å². The van der Waals surface area contributed by atoms with Crippen molar-refractivity contribution >= 4 is 38.5 Å². The third-order valence-electron chi connectivity index (χ3n) is 4.46. The van der Waals surface area contributed by atoms with Crippen molar-refractivity contribution < 1.29 is 9.53 Å². The molecule has 102 valence electrons. The van der Waals surface area contributed by atoms with Crippen LogP contribution in [-0.4, -0.2) is 47.8 Å². The summed E-state index contributed by atoms with van der Waals surface area (Å²) in [7, 11) is 0. The van der Waals surface area contributed by atoms with Crippen molar-refractivity contribution in [1.82, 2.24) is 9.88 Å². The van der Waals surface area contributed by atoms with Gasteiger partial charge in [0.05, 0.1) is 16.5 Å². The van der Waals surface area contributed by atoms with Gasteiger partial charge in [-0.25, -0.2) is 14.7 Å². The Morgan fingerprint density at radius 3 is 2.79 bits per heavy atom. The molecule has 19 heavy (non-hydrogen) atoms. The van der Waals surface area contributed by atoms with Crippen LogP contribution in [-0.2, 0) is 4.74 Å². The lowest BCUT2D eigenvalue weighted by atomic mass is 9.75. The van der Waals surface area contributed by atoms with Crippen LogP contribution in [0.25, 0.3) is 0 Å². The molecule has 7 heteroatoms. The predicted octanol–water partition coefficient (Wildman–Crippen LogP) is 2.33. The first-order valence-corrected chi connectivity index (χ1v) is 8.11. The fraction of sp³-hybridized carbons (Fsp3) is 0.667. The molecule has 0 radical (unpaired) electrons. The van der Waals surface area contributed by atoms with Crippen LogP contribution in [0.15, 0.2) is 9.98 Å². The number of anilines is 1. The molecule has 4 fully saturated rings. The Balaban J connectivity index is 1.63. The first-order valence-electron chi connectivity index (χ1n) is 6.50. The molecule has 1 amide bonds. The Hall–Kier alpha value is -0.660. The minimum absolute atomic E-state index is 0.240. The van der Waals surface area contributed by atoms with Gasteiger partial charge in [0.15, 0.2) is 5.13 Å². The fourth-order valence-electron chi connectivity index (χ4n) is 3.53. The number of piperidine rings is 3. The van der Waals surface area contributed by atoms with E-state index < -0.39 is 0 Å². The number of amides is 1. The second-order valence-electron chi connectivity index (χ2n) is 5.52. The zero-order chi connectivity index (χ0) is 13.0. The zero-order valence-corrected chi connectivity index (χ0v) is 12.7. The SMILES string of the molecule is O=C1O[C@@]2(CN3CCC2CC3)CN1c1ncc(Br)s1. The van der Waals surface area contributed by atoms with Crippen LogP contribution in [0.2, 0.25) is 0 Å². The van der Waals surface area contributed by atoms with Gasteiger partial charge in [-0.3, -0.25) is 4.90 Å². The topological polar surface area (TPSA) is 45.7 Å². The van der Waals surface area contributed by atoms with Crippen LogP contribution in [0.4, 0.5) is 9.93 Å². The van der Waals surface area contributed by atoms with E-state index in [2.05, 4.69) is 25.8 Å². The smallest absolute Gasteiger partial charge is 0.416 e. The van der Waals surface area contributed by atoms with E-state index >= 15 is 0 Å². The van der Waals surface area contributed by atoms with Crippen molar-refractivity contribution in [3.05, 3.63) is 9.98 Å². The summed E-state index contributed by atoms with van der Waals surface area (Å²) in [6.07, 6.45) is 3.77. The number of carbonyl (C=O) groups excluding carboxylic acids is 1. The summed E-state index contributed by atoms with van der Waals surface area (Å²) >= 11 is 4.86. The third-order valence-corrected chi connectivity index (χ3v) is 5.95. The average Bonchev–Trinajstić information content (AvgIpc) is 2.95. The summed E-state index contributed by atoms with van der Waals surface area (Å²) in [6, 6.07) is 0. The van der Waals surface area contributed by atoms with Gasteiger partial charge in [-0.2, -0.15) is 0 Å². The summed E-state index contributed by atoms with van der Waals surface area (Å²) in [6.45, 7) is 3.82. The molecule has 4 aliphatic heterocycles.